The lowest BCUT2D eigenvalue weighted by Crippen LogP contribution is -2.68. The van der Waals surface area contributed by atoms with Crippen LogP contribution >= 0.6 is 0 Å². The Kier molecular flexibility index (Phi) is 15.7. The molecule has 0 aromatic heterocycles. The van der Waals surface area contributed by atoms with Crippen molar-refractivity contribution in [2.24, 2.45) is 0 Å². The van der Waals surface area contributed by atoms with E-state index in [4.69, 9.17) is 48.7 Å². The van der Waals surface area contributed by atoms with Crippen LogP contribution in [-0.4, -0.2) is 193 Å². The molecule has 16 nitrogen and oxygen atoms in total. The summed E-state index contributed by atoms with van der Waals surface area (Å²) in [6, 6.07) is 0. The van der Waals surface area contributed by atoms with E-state index in [0.717, 1.165) is 0 Å². The van der Waals surface area contributed by atoms with Gasteiger partial charge in [-0.05, 0) is 27.7 Å². The Labute approximate surface area is 253 Å². The lowest BCUT2D eigenvalue weighted by atomic mass is 9.72. The third kappa shape index (κ3) is 10.0. The highest BCUT2D eigenvalue weighted by Crippen LogP contribution is 2.34. The van der Waals surface area contributed by atoms with Crippen LogP contribution in [0.15, 0.2) is 0 Å². The largest absolute Gasteiger partial charge is 0.427 e. The third-order valence-electron chi connectivity index (χ3n) is 7.09. The molecule has 2 fully saturated rings. The highest BCUT2D eigenvalue weighted by atomic mass is 16.7. The van der Waals surface area contributed by atoms with Crippen LogP contribution in [0.4, 0.5) is 0 Å². The second-order valence-corrected chi connectivity index (χ2v) is 11.0. The van der Waals surface area contributed by atoms with Gasteiger partial charge in [-0.25, -0.2) is 0 Å². The Balaban J connectivity index is 2.21. The predicted molar refractivity (Wildman–Crippen MR) is 147 cm³/mol. The maximum Gasteiger partial charge on any atom is 0.233 e. The van der Waals surface area contributed by atoms with Crippen molar-refractivity contribution in [1.29, 1.82) is 0 Å². The highest BCUT2D eigenvalue weighted by molar-refractivity contribution is 6.85. The molecule has 0 bridgehead atoms. The zero-order chi connectivity index (χ0) is 32.6. The number of hydrogen-bond acceptors (Lipinski definition) is 16. The van der Waals surface area contributed by atoms with Crippen LogP contribution in [0.5, 0.6) is 0 Å². The van der Waals surface area contributed by atoms with Crippen LogP contribution in [0, 0.1) is 0 Å². The van der Waals surface area contributed by atoms with Crippen molar-refractivity contribution < 1.29 is 79.0 Å². The molecule has 2 heterocycles. The maximum absolute atomic E-state index is 11.2. The summed E-state index contributed by atoms with van der Waals surface area (Å²) in [5.74, 6) is 0. The van der Waals surface area contributed by atoms with Crippen molar-refractivity contribution in [3.8, 4) is 0 Å². The molecule has 0 saturated carbocycles. The van der Waals surface area contributed by atoms with Gasteiger partial charge in [0, 0.05) is 0 Å². The van der Waals surface area contributed by atoms with Crippen LogP contribution < -0.4 is 0 Å². The van der Waals surface area contributed by atoms with Gasteiger partial charge in [0.15, 0.2) is 12.6 Å². The van der Waals surface area contributed by atoms with E-state index < -0.39 is 124 Å². The van der Waals surface area contributed by atoms with E-state index >= 15 is 0 Å². The van der Waals surface area contributed by atoms with Crippen molar-refractivity contribution >= 4 is 23.0 Å². The number of ether oxygens (including phenoxy) is 6. The Hall–Kier alpha value is -0.445. The quantitative estimate of drug-likeness (QED) is 0.0542. The second kappa shape index (κ2) is 17.5. The SMILES string of the molecule is [B][B]OC(OC(CO)[C@@H](C)O)[C@@H](O)COC([B])(C)C1OC(CO)C(O)C(OC2OC(CO)C(O)C(OC(C)C)C2O)C1O. The molecule has 15 atom stereocenters. The standard InChI is InChI=1S/C24H44B3O16/c1-9(2)38-20-16(34)14(7-30)41-23(18(20)36)42-19-15(33)13(6-29)39-21(17(19)35)24(4,25)37-8-11(32)22(43-27-26)40-12(5-28)10(3)31/h9-23,28-36H,5-8H2,1-4H3/t10-,11+,12?,13?,14?,15?,16?,17?,18?,19?,20?,21?,22?,23?,24?/m1/s1. The first kappa shape index (κ1) is 38.7. The number of aliphatic hydroxyl groups excluding tert-OH is 9. The normalized spacial score (nSPS) is 37.8. The summed E-state index contributed by atoms with van der Waals surface area (Å²) in [6.07, 6.45) is -21.1. The van der Waals surface area contributed by atoms with E-state index in [1.807, 2.05) is 0 Å². The Bertz CT molecular complexity index is 800. The van der Waals surface area contributed by atoms with Gasteiger partial charge >= 0.3 is 0 Å². The lowest BCUT2D eigenvalue weighted by molar-refractivity contribution is -0.352. The average molecular weight is 621 g/mol. The number of rotatable bonds is 17. The molecule has 245 valence electrons. The third-order valence-corrected chi connectivity index (χ3v) is 7.09. The fourth-order valence-corrected chi connectivity index (χ4v) is 4.71. The van der Waals surface area contributed by atoms with Gasteiger partial charge in [-0.1, -0.05) is 0 Å². The van der Waals surface area contributed by atoms with Crippen molar-refractivity contribution in [1.82, 2.24) is 0 Å². The second-order valence-electron chi connectivity index (χ2n) is 11.0. The summed E-state index contributed by atoms with van der Waals surface area (Å²) >= 11 is 0. The smallest absolute Gasteiger partial charge is 0.233 e. The molecule has 19 heteroatoms. The summed E-state index contributed by atoms with van der Waals surface area (Å²) in [6.45, 7) is 3.27. The van der Waals surface area contributed by atoms with Gasteiger partial charge in [0.1, 0.15) is 75.0 Å². The Morgan fingerprint density at radius 1 is 0.884 bits per heavy atom. The van der Waals surface area contributed by atoms with E-state index in [0.29, 0.717) is 7.37 Å². The first-order valence-electron chi connectivity index (χ1n) is 13.9. The van der Waals surface area contributed by atoms with Crippen molar-refractivity contribution in [2.45, 2.75) is 125 Å². The zero-order valence-corrected chi connectivity index (χ0v) is 24.6. The summed E-state index contributed by atoms with van der Waals surface area (Å²) in [5.41, 5.74) is -1.95. The topological polar surface area (TPSA) is 247 Å². The lowest BCUT2D eigenvalue weighted by Gasteiger charge is -2.50. The minimum Gasteiger partial charge on any atom is -0.427 e. The minimum absolute atomic E-state index is 0.444. The molecule has 0 spiro atoms. The molecule has 2 aliphatic heterocycles. The van der Waals surface area contributed by atoms with Crippen LogP contribution in [0.1, 0.15) is 27.7 Å². The molecule has 0 amide bonds. The Morgan fingerprint density at radius 2 is 1.47 bits per heavy atom. The predicted octanol–water partition coefficient (Wildman–Crippen LogP) is -5.85. The molecule has 0 aromatic carbocycles. The first-order chi connectivity index (χ1) is 20.1. The summed E-state index contributed by atoms with van der Waals surface area (Å²) in [7, 11) is 12.3. The van der Waals surface area contributed by atoms with Gasteiger partial charge in [0.05, 0.1) is 51.9 Å². The van der Waals surface area contributed by atoms with E-state index in [-0.39, 0.29) is 0 Å². The zero-order valence-electron chi connectivity index (χ0n) is 24.6. The molecule has 2 saturated heterocycles. The fraction of sp³-hybridized carbons (Fsp3) is 1.00. The van der Waals surface area contributed by atoms with Crippen molar-refractivity contribution in [3.63, 3.8) is 0 Å². The van der Waals surface area contributed by atoms with Crippen molar-refractivity contribution in [2.75, 3.05) is 26.4 Å². The van der Waals surface area contributed by atoms with Gasteiger partial charge in [-0.3, -0.25) is 0 Å². The van der Waals surface area contributed by atoms with Gasteiger partial charge in [-0.15, -0.1) is 0 Å². The molecule has 2 aliphatic rings. The monoisotopic (exact) mass is 621 g/mol. The molecule has 0 aromatic rings. The van der Waals surface area contributed by atoms with Crippen molar-refractivity contribution in [3.05, 3.63) is 0 Å². The number of hydrogen-bond donors (Lipinski definition) is 9. The molecule has 5 radical (unpaired) electrons. The maximum atomic E-state index is 11.2. The van der Waals surface area contributed by atoms with E-state index in [2.05, 4.69) is 0 Å². The van der Waals surface area contributed by atoms with E-state index in [1.54, 1.807) is 13.8 Å². The molecular formula is C24H44B3O16. The minimum atomic E-state index is -1.95. The van der Waals surface area contributed by atoms with Crippen LogP contribution in [0.25, 0.3) is 0 Å². The highest BCUT2D eigenvalue weighted by Gasteiger charge is 2.54. The fourth-order valence-electron chi connectivity index (χ4n) is 4.71. The average Bonchev–Trinajstić information content (AvgIpc) is 2.94. The van der Waals surface area contributed by atoms with Crippen LogP contribution in [-0.2, 0) is 33.1 Å². The summed E-state index contributed by atoms with van der Waals surface area (Å²) in [5, 5.41) is 92.7. The van der Waals surface area contributed by atoms with Gasteiger partial charge < -0.3 is 79.0 Å². The van der Waals surface area contributed by atoms with Gasteiger partial charge in [-0.2, -0.15) is 0 Å². The Morgan fingerprint density at radius 3 is 1.98 bits per heavy atom. The summed E-state index contributed by atoms with van der Waals surface area (Å²) in [4.78, 5) is 0. The molecule has 13 unspecified atom stereocenters. The van der Waals surface area contributed by atoms with Gasteiger partial charge in [0.25, 0.3) is 0 Å². The molecule has 43 heavy (non-hydrogen) atoms. The van der Waals surface area contributed by atoms with Gasteiger partial charge in [0.2, 0.25) is 7.37 Å². The van der Waals surface area contributed by atoms with Crippen LogP contribution in [0.3, 0.4) is 0 Å². The number of aliphatic hydroxyl groups is 9. The van der Waals surface area contributed by atoms with E-state index in [1.165, 1.54) is 13.8 Å². The van der Waals surface area contributed by atoms with E-state index in [9.17, 15) is 46.0 Å². The molecule has 9 N–H and O–H groups in total. The molecule has 0 aliphatic carbocycles. The summed E-state index contributed by atoms with van der Waals surface area (Å²) < 4.78 is 38.5. The van der Waals surface area contributed by atoms with Crippen LogP contribution in [0.2, 0.25) is 0 Å². The molecule has 2 rings (SSSR count). The molecular weight excluding hydrogens is 577 g/mol. The first-order valence-corrected chi connectivity index (χ1v) is 13.9.